The van der Waals surface area contributed by atoms with Crippen molar-refractivity contribution in [3.63, 3.8) is 0 Å². The summed E-state index contributed by atoms with van der Waals surface area (Å²) in [6.45, 7) is 11.8. The normalized spacial score (nSPS) is 13.2. The molecule has 0 spiro atoms. The maximum Gasteiger partial charge on any atom is 0.408 e. The average Bonchev–Trinajstić information content (AvgIpc) is 2.72. The zero-order valence-electron chi connectivity index (χ0n) is 20.2. The second kappa shape index (κ2) is 10.3. The number of hydrogen-bond donors (Lipinski definition) is 2. The van der Waals surface area contributed by atoms with Gasteiger partial charge in [0.25, 0.3) is 8.32 Å². The van der Waals surface area contributed by atoms with E-state index in [-0.39, 0.29) is 17.6 Å². The summed E-state index contributed by atoms with van der Waals surface area (Å²) in [7, 11) is -1.30. The van der Waals surface area contributed by atoms with Gasteiger partial charge in [-0.3, -0.25) is 4.79 Å². The molecular weight excluding hydrogens is 420 g/mol. The highest BCUT2D eigenvalue weighted by Crippen LogP contribution is 2.36. The SMILES string of the molecule is CNC(=O)[C@H](CO[Si](c1ccccc1)(c1ccccc1)C(C)(C)C)NC(=O)OC(C)(C)C. The first kappa shape index (κ1) is 25.6. The van der Waals surface area contributed by atoms with Crippen LogP contribution in [0.25, 0.3) is 0 Å². The fourth-order valence-corrected chi connectivity index (χ4v) is 8.35. The Bertz CT molecular complexity index is 850. The fourth-order valence-electron chi connectivity index (χ4n) is 3.78. The van der Waals surface area contributed by atoms with Crippen LogP contribution in [-0.4, -0.2) is 45.6 Å². The van der Waals surface area contributed by atoms with Gasteiger partial charge in [-0.2, -0.15) is 0 Å². The van der Waals surface area contributed by atoms with Crippen molar-refractivity contribution in [1.82, 2.24) is 10.6 Å². The van der Waals surface area contributed by atoms with Gasteiger partial charge in [0.05, 0.1) is 6.61 Å². The van der Waals surface area contributed by atoms with Gasteiger partial charge in [0.1, 0.15) is 11.6 Å². The molecule has 0 aromatic heterocycles. The lowest BCUT2D eigenvalue weighted by Crippen LogP contribution is -2.68. The van der Waals surface area contributed by atoms with Crippen molar-refractivity contribution in [3.8, 4) is 0 Å². The molecule has 0 fully saturated rings. The molecule has 0 aliphatic heterocycles. The van der Waals surface area contributed by atoms with Crippen LogP contribution in [0.2, 0.25) is 5.04 Å². The van der Waals surface area contributed by atoms with Crippen LogP contribution in [0.15, 0.2) is 60.7 Å². The van der Waals surface area contributed by atoms with Crippen LogP contribution in [0.4, 0.5) is 4.79 Å². The molecule has 0 saturated heterocycles. The summed E-state index contributed by atoms with van der Waals surface area (Å²) in [5.74, 6) is -0.339. The molecule has 0 aliphatic carbocycles. The van der Waals surface area contributed by atoms with E-state index in [4.69, 9.17) is 9.16 Å². The van der Waals surface area contributed by atoms with Crippen LogP contribution in [0.3, 0.4) is 0 Å². The van der Waals surface area contributed by atoms with Crippen molar-refractivity contribution in [2.45, 2.75) is 58.2 Å². The predicted octanol–water partition coefficient (Wildman–Crippen LogP) is 3.20. The van der Waals surface area contributed by atoms with E-state index < -0.39 is 26.1 Å². The molecule has 0 bridgehead atoms. The molecule has 32 heavy (non-hydrogen) atoms. The minimum absolute atomic E-state index is 0.0200. The Morgan fingerprint density at radius 2 is 1.34 bits per heavy atom. The van der Waals surface area contributed by atoms with E-state index in [0.29, 0.717) is 0 Å². The van der Waals surface area contributed by atoms with Crippen molar-refractivity contribution in [3.05, 3.63) is 60.7 Å². The number of hydrogen-bond acceptors (Lipinski definition) is 4. The van der Waals surface area contributed by atoms with E-state index in [9.17, 15) is 9.59 Å². The highest BCUT2D eigenvalue weighted by atomic mass is 28.4. The maximum atomic E-state index is 12.6. The van der Waals surface area contributed by atoms with Crippen LogP contribution in [0.5, 0.6) is 0 Å². The van der Waals surface area contributed by atoms with Gasteiger partial charge < -0.3 is 19.8 Å². The molecule has 7 heteroatoms. The molecule has 0 heterocycles. The molecular formula is C25H36N2O4Si. The Morgan fingerprint density at radius 1 is 0.875 bits per heavy atom. The summed E-state index contributed by atoms with van der Waals surface area (Å²) in [4.78, 5) is 25.0. The topological polar surface area (TPSA) is 76.7 Å². The van der Waals surface area contributed by atoms with Crippen molar-refractivity contribution in [2.24, 2.45) is 0 Å². The summed E-state index contributed by atoms with van der Waals surface area (Å²) >= 11 is 0. The van der Waals surface area contributed by atoms with Crippen molar-refractivity contribution in [1.29, 1.82) is 0 Å². The maximum absolute atomic E-state index is 12.6. The molecule has 0 unspecified atom stereocenters. The Hall–Kier alpha value is -2.64. The number of alkyl carbamates (subject to hydrolysis) is 1. The molecule has 2 aromatic carbocycles. The van der Waals surface area contributed by atoms with E-state index in [0.717, 1.165) is 10.4 Å². The first-order chi connectivity index (χ1) is 14.9. The number of ether oxygens (including phenoxy) is 1. The second-order valence-corrected chi connectivity index (χ2v) is 14.1. The van der Waals surface area contributed by atoms with Crippen LogP contribution in [-0.2, 0) is 14.0 Å². The molecule has 2 amide bonds. The number of rotatable bonds is 7. The predicted molar refractivity (Wildman–Crippen MR) is 131 cm³/mol. The molecule has 174 valence electrons. The van der Waals surface area contributed by atoms with Crippen LogP contribution in [0.1, 0.15) is 41.5 Å². The molecule has 6 nitrogen and oxygen atoms in total. The third-order valence-electron chi connectivity index (χ3n) is 5.14. The van der Waals surface area contributed by atoms with Gasteiger partial charge in [-0.1, -0.05) is 81.4 Å². The number of nitrogens with one attached hydrogen (secondary N) is 2. The van der Waals surface area contributed by atoms with Crippen LogP contribution in [0, 0.1) is 0 Å². The van der Waals surface area contributed by atoms with Crippen LogP contribution < -0.4 is 21.0 Å². The molecule has 1 atom stereocenters. The van der Waals surface area contributed by atoms with E-state index in [1.807, 2.05) is 36.4 Å². The quantitative estimate of drug-likeness (QED) is 0.628. The number of amides is 2. The summed E-state index contributed by atoms with van der Waals surface area (Å²) in [6, 6.07) is 19.4. The monoisotopic (exact) mass is 456 g/mol. The van der Waals surface area contributed by atoms with Gasteiger partial charge in [-0.15, -0.1) is 0 Å². The lowest BCUT2D eigenvalue weighted by Gasteiger charge is -2.43. The molecule has 2 rings (SSSR count). The third-order valence-corrected chi connectivity index (χ3v) is 10.1. The standard InChI is InChI=1S/C25H36N2O4Si/c1-24(2,3)31-23(29)27-21(22(28)26-7)18-30-32(25(4,5)6,19-14-10-8-11-15-19)20-16-12-9-13-17-20/h8-17,21H,18H2,1-7H3,(H,26,28)(H,27,29)/t21-/m0/s1. The molecule has 0 radical (unpaired) electrons. The smallest absolute Gasteiger partial charge is 0.408 e. The molecule has 2 N–H and O–H groups in total. The van der Waals surface area contributed by atoms with E-state index >= 15 is 0 Å². The highest BCUT2D eigenvalue weighted by Gasteiger charge is 2.50. The van der Waals surface area contributed by atoms with E-state index in [1.54, 1.807) is 20.8 Å². The Balaban J connectivity index is 2.46. The van der Waals surface area contributed by atoms with Crippen molar-refractivity contribution < 1.29 is 18.8 Å². The van der Waals surface area contributed by atoms with Crippen LogP contribution >= 0.6 is 0 Å². The third kappa shape index (κ3) is 6.20. The number of benzene rings is 2. The van der Waals surface area contributed by atoms with Crippen molar-refractivity contribution in [2.75, 3.05) is 13.7 Å². The summed E-state index contributed by atoms with van der Waals surface area (Å²) < 4.78 is 12.1. The minimum atomic E-state index is -2.84. The summed E-state index contributed by atoms with van der Waals surface area (Å²) in [5.41, 5.74) is -0.670. The number of likely N-dealkylation sites (N-methyl/N-ethyl adjacent to an activating group) is 1. The van der Waals surface area contributed by atoms with Crippen molar-refractivity contribution >= 4 is 30.7 Å². The summed E-state index contributed by atoms with van der Waals surface area (Å²) in [5, 5.41) is 7.25. The first-order valence-corrected chi connectivity index (χ1v) is 12.8. The number of carbonyl (C=O) groups excluding carboxylic acids is 2. The zero-order valence-corrected chi connectivity index (χ0v) is 21.2. The number of carbonyl (C=O) groups is 2. The zero-order chi connectivity index (χ0) is 24.0. The fraction of sp³-hybridized carbons (Fsp3) is 0.440. The van der Waals surface area contributed by atoms with Gasteiger partial charge in [-0.25, -0.2) is 4.79 Å². The molecule has 0 saturated carbocycles. The second-order valence-electron chi connectivity index (χ2n) is 9.79. The lowest BCUT2D eigenvalue weighted by atomic mass is 10.2. The van der Waals surface area contributed by atoms with E-state index in [2.05, 4.69) is 55.7 Å². The first-order valence-electron chi connectivity index (χ1n) is 10.9. The van der Waals surface area contributed by atoms with E-state index in [1.165, 1.54) is 7.05 Å². The van der Waals surface area contributed by atoms with Gasteiger partial charge >= 0.3 is 6.09 Å². The van der Waals surface area contributed by atoms with Gasteiger partial charge in [0.2, 0.25) is 5.91 Å². The molecule has 2 aromatic rings. The van der Waals surface area contributed by atoms with Gasteiger partial charge in [0.15, 0.2) is 0 Å². The average molecular weight is 457 g/mol. The largest absolute Gasteiger partial charge is 0.444 e. The van der Waals surface area contributed by atoms with Gasteiger partial charge in [0, 0.05) is 7.05 Å². The highest BCUT2D eigenvalue weighted by molar-refractivity contribution is 6.99. The Labute approximate surface area is 192 Å². The Kier molecular flexibility index (Phi) is 8.26. The Morgan fingerprint density at radius 3 is 1.72 bits per heavy atom. The minimum Gasteiger partial charge on any atom is -0.444 e. The summed E-state index contributed by atoms with van der Waals surface area (Å²) in [6.07, 6.45) is -0.655. The lowest BCUT2D eigenvalue weighted by molar-refractivity contribution is -0.123. The van der Waals surface area contributed by atoms with Gasteiger partial charge in [-0.05, 0) is 36.2 Å². The molecule has 0 aliphatic rings.